The molecule has 0 fully saturated rings. The highest BCUT2D eigenvalue weighted by atomic mass is 16.5. The zero-order chi connectivity index (χ0) is 10.8. The Labute approximate surface area is 87.3 Å². The van der Waals surface area contributed by atoms with Crippen LogP contribution in [0.25, 0.3) is 11.1 Å². The van der Waals surface area contributed by atoms with Crippen molar-refractivity contribution in [2.45, 2.75) is 13.0 Å². The van der Waals surface area contributed by atoms with E-state index in [1.807, 2.05) is 13.0 Å². The van der Waals surface area contributed by atoms with E-state index in [1.54, 1.807) is 18.2 Å². The van der Waals surface area contributed by atoms with Gasteiger partial charge in [-0.15, -0.1) is 0 Å². The minimum Gasteiger partial charge on any atom is -0.507 e. The molecule has 0 aliphatic rings. The third-order valence-electron chi connectivity index (χ3n) is 2.22. The molecule has 0 saturated heterocycles. The lowest BCUT2D eigenvalue weighted by Gasteiger charge is -2.05. The van der Waals surface area contributed by atoms with Crippen LogP contribution in [-0.4, -0.2) is 10.3 Å². The minimum absolute atomic E-state index is 0.197. The quantitative estimate of drug-likeness (QED) is 0.785. The number of hydrogen-bond acceptors (Lipinski definition) is 4. The summed E-state index contributed by atoms with van der Waals surface area (Å²) in [4.78, 5) is 0. The van der Waals surface area contributed by atoms with Crippen LogP contribution in [0.15, 0.2) is 35.1 Å². The van der Waals surface area contributed by atoms with Gasteiger partial charge in [0.25, 0.3) is 0 Å². The highest BCUT2D eigenvalue weighted by molar-refractivity contribution is 5.71. The molecule has 0 bridgehead atoms. The number of nitrogens with two attached hydrogens (primary N) is 1. The van der Waals surface area contributed by atoms with Crippen molar-refractivity contribution in [2.24, 2.45) is 5.73 Å². The Kier molecular flexibility index (Phi) is 2.43. The Morgan fingerprint density at radius 3 is 2.73 bits per heavy atom. The summed E-state index contributed by atoms with van der Waals surface area (Å²) in [5, 5.41) is 13.5. The monoisotopic (exact) mass is 204 g/mol. The van der Waals surface area contributed by atoms with Crippen molar-refractivity contribution < 1.29 is 9.63 Å². The number of phenols is 1. The molecule has 0 spiro atoms. The molecule has 0 aliphatic carbocycles. The molecular weight excluding hydrogens is 192 g/mol. The molecule has 0 amide bonds. The zero-order valence-corrected chi connectivity index (χ0v) is 8.34. The van der Waals surface area contributed by atoms with Gasteiger partial charge >= 0.3 is 0 Å². The van der Waals surface area contributed by atoms with E-state index in [4.69, 9.17) is 10.3 Å². The Morgan fingerprint density at radius 1 is 1.33 bits per heavy atom. The average Bonchev–Trinajstić information content (AvgIpc) is 2.67. The molecular formula is C11H12N2O2. The topological polar surface area (TPSA) is 72.3 Å². The second-order valence-corrected chi connectivity index (χ2v) is 3.42. The lowest BCUT2D eigenvalue weighted by Crippen LogP contribution is -2.06. The molecule has 2 aromatic rings. The Morgan fingerprint density at radius 2 is 2.07 bits per heavy atom. The summed E-state index contributed by atoms with van der Waals surface area (Å²) in [5.74, 6) is 0.197. The molecule has 2 rings (SSSR count). The van der Waals surface area contributed by atoms with Gasteiger partial charge in [0.15, 0.2) is 0 Å². The molecule has 1 unspecified atom stereocenters. The largest absolute Gasteiger partial charge is 0.507 e. The maximum atomic E-state index is 9.68. The van der Waals surface area contributed by atoms with Gasteiger partial charge in [0.1, 0.15) is 17.7 Å². The van der Waals surface area contributed by atoms with Crippen molar-refractivity contribution in [3.8, 4) is 16.9 Å². The summed E-state index contributed by atoms with van der Waals surface area (Å²) in [7, 11) is 0. The SMILES string of the molecule is CC(N)c1nocc1-c1ccccc1O. The minimum atomic E-state index is -0.224. The number of aromatic nitrogens is 1. The predicted molar refractivity (Wildman–Crippen MR) is 56.2 cm³/mol. The Balaban J connectivity index is 2.55. The highest BCUT2D eigenvalue weighted by Gasteiger charge is 2.15. The van der Waals surface area contributed by atoms with Gasteiger partial charge in [-0.25, -0.2) is 0 Å². The van der Waals surface area contributed by atoms with Crippen molar-refractivity contribution in [2.75, 3.05) is 0 Å². The van der Waals surface area contributed by atoms with Crippen molar-refractivity contribution in [1.29, 1.82) is 0 Å². The first-order valence-corrected chi connectivity index (χ1v) is 4.68. The van der Waals surface area contributed by atoms with Crippen molar-refractivity contribution >= 4 is 0 Å². The van der Waals surface area contributed by atoms with E-state index in [0.29, 0.717) is 11.3 Å². The van der Waals surface area contributed by atoms with E-state index < -0.39 is 0 Å². The van der Waals surface area contributed by atoms with Gasteiger partial charge in [-0.1, -0.05) is 23.4 Å². The van der Waals surface area contributed by atoms with E-state index >= 15 is 0 Å². The van der Waals surface area contributed by atoms with Gasteiger partial charge in [-0.3, -0.25) is 0 Å². The van der Waals surface area contributed by atoms with Gasteiger partial charge < -0.3 is 15.4 Å². The van der Waals surface area contributed by atoms with Crippen LogP contribution in [0.2, 0.25) is 0 Å². The van der Waals surface area contributed by atoms with Crippen LogP contribution in [-0.2, 0) is 0 Å². The van der Waals surface area contributed by atoms with Crippen molar-refractivity contribution in [3.05, 3.63) is 36.2 Å². The summed E-state index contributed by atoms with van der Waals surface area (Å²) in [5.41, 5.74) is 7.82. The summed E-state index contributed by atoms with van der Waals surface area (Å²) >= 11 is 0. The number of para-hydroxylation sites is 1. The molecule has 1 atom stereocenters. The van der Waals surface area contributed by atoms with Gasteiger partial charge in [0.2, 0.25) is 0 Å². The lowest BCUT2D eigenvalue weighted by molar-refractivity contribution is 0.407. The number of rotatable bonds is 2. The molecule has 4 nitrogen and oxygen atoms in total. The third-order valence-corrected chi connectivity index (χ3v) is 2.22. The molecule has 0 saturated carbocycles. The normalized spacial score (nSPS) is 12.7. The van der Waals surface area contributed by atoms with Crippen LogP contribution in [0.1, 0.15) is 18.7 Å². The second kappa shape index (κ2) is 3.74. The highest BCUT2D eigenvalue weighted by Crippen LogP contribution is 2.32. The maximum absolute atomic E-state index is 9.68. The Hall–Kier alpha value is -1.81. The first kappa shape index (κ1) is 9.73. The van der Waals surface area contributed by atoms with Crippen LogP contribution in [0.3, 0.4) is 0 Å². The van der Waals surface area contributed by atoms with Crippen LogP contribution in [0.5, 0.6) is 5.75 Å². The fourth-order valence-electron chi connectivity index (χ4n) is 1.48. The molecule has 15 heavy (non-hydrogen) atoms. The average molecular weight is 204 g/mol. The predicted octanol–water partition coefficient (Wildman–Crippen LogP) is 2.07. The smallest absolute Gasteiger partial charge is 0.132 e. The second-order valence-electron chi connectivity index (χ2n) is 3.42. The van der Waals surface area contributed by atoms with Crippen LogP contribution < -0.4 is 5.73 Å². The molecule has 0 radical (unpaired) electrons. The van der Waals surface area contributed by atoms with Gasteiger partial charge in [0, 0.05) is 17.2 Å². The van der Waals surface area contributed by atoms with Crippen molar-refractivity contribution in [1.82, 2.24) is 5.16 Å². The fourth-order valence-corrected chi connectivity index (χ4v) is 1.48. The molecule has 0 aliphatic heterocycles. The number of nitrogens with zero attached hydrogens (tertiary/aromatic N) is 1. The van der Waals surface area contributed by atoms with E-state index in [9.17, 15) is 5.11 Å². The van der Waals surface area contributed by atoms with Crippen LogP contribution in [0, 0.1) is 0 Å². The van der Waals surface area contributed by atoms with E-state index in [2.05, 4.69) is 5.16 Å². The van der Waals surface area contributed by atoms with E-state index in [1.165, 1.54) is 6.26 Å². The molecule has 78 valence electrons. The molecule has 3 N–H and O–H groups in total. The molecule has 1 aromatic heterocycles. The van der Waals surface area contributed by atoms with Crippen molar-refractivity contribution in [3.63, 3.8) is 0 Å². The summed E-state index contributed by atoms with van der Waals surface area (Å²) in [6, 6.07) is 6.80. The first-order valence-electron chi connectivity index (χ1n) is 4.68. The maximum Gasteiger partial charge on any atom is 0.132 e. The summed E-state index contributed by atoms with van der Waals surface area (Å²) < 4.78 is 4.88. The molecule has 1 aromatic carbocycles. The summed E-state index contributed by atoms with van der Waals surface area (Å²) in [6.07, 6.45) is 1.49. The number of aromatic hydroxyl groups is 1. The summed E-state index contributed by atoms with van der Waals surface area (Å²) in [6.45, 7) is 1.82. The molecule has 1 heterocycles. The van der Waals surface area contributed by atoms with Gasteiger partial charge in [0.05, 0.1) is 0 Å². The van der Waals surface area contributed by atoms with E-state index in [0.717, 1.165) is 5.56 Å². The lowest BCUT2D eigenvalue weighted by atomic mass is 10.0. The van der Waals surface area contributed by atoms with Crippen LogP contribution in [0.4, 0.5) is 0 Å². The number of hydrogen-bond donors (Lipinski definition) is 2. The van der Waals surface area contributed by atoms with E-state index in [-0.39, 0.29) is 11.8 Å². The first-order chi connectivity index (χ1) is 7.20. The fraction of sp³-hybridized carbons (Fsp3) is 0.182. The zero-order valence-electron chi connectivity index (χ0n) is 8.34. The standard InChI is InChI=1S/C11H12N2O2/c1-7(12)11-9(6-15-13-11)8-4-2-3-5-10(8)14/h2-7,14H,12H2,1H3. The number of phenolic OH excluding ortho intramolecular Hbond substituents is 1. The number of benzene rings is 1. The van der Waals surface area contributed by atoms with Gasteiger partial charge in [-0.05, 0) is 13.0 Å². The van der Waals surface area contributed by atoms with Crippen LogP contribution >= 0.6 is 0 Å². The Bertz CT molecular complexity index is 463. The molecule has 4 heteroatoms. The van der Waals surface area contributed by atoms with Gasteiger partial charge in [-0.2, -0.15) is 0 Å². The third kappa shape index (κ3) is 1.71.